The molecule has 34 nitrogen and oxygen atoms in total. The number of ether oxygens (including phenoxy) is 4. The zero-order chi connectivity index (χ0) is 82.3. The Morgan fingerprint density at radius 1 is 0.642 bits per heavy atom. The van der Waals surface area contributed by atoms with Crippen molar-refractivity contribution in [3.8, 4) is 0 Å². The SMILES string of the molecule is CNc1ccc(C(=O)CC(O)CCC(C)C2OC(=O)CC(O)CC(=O)CC(O)CC(O)CC(O)CC(O)CC3(O)CC(O)C(C(=O)NCCN(C)C)C(CC(OC4OC(C)C(O)C(NC(=O)CN(C)C)C4O)C=CC=CC=CC=CC=CC=CC=CC2C)O3)cc1.NC(CC(=O)O)C(=O)O.NC(CC(=O)O)C(=O)O. The Hall–Kier alpha value is -7.85. The maximum absolute atomic E-state index is 14.0. The standard InChI is InChI=1S/C67H103N5O19.2C4H7NO4/c1-42-21-19-17-15-13-11-9-10-12-14-16-18-20-22-54(89-66-63(85)61(62(84)44(3)88-66)70-58(82)41-72(7)8)38-57-60(65(86)69-29-30-71(5)6)56(81)40-67(87,91-57)39-53(79)35-51(77)33-49(75)31-48(74)32-50(76)34-52(78)37-59(83)90-64(42)43(2)23-28-47(73)36-55(80)45-24-26-46(68-4)27-25-45;2*5-2(4(8)9)1-3(6)7/h9-22,24-27,42-44,47-49,51-54,56-57,60-64,66,68,73-75,77-79,81,84-85,87H,23,28-41H2,1-8H3,(H,69,86)(H,70,82);2*2H,1,5H2,(H,6,7)(H,8,9). The monoisotopic (exact) mass is 1550 g/mol. The van der Waals surface area contributed by atoms with Gasteiger partial charge in [-0.1, -0.05) is 98.9 Å². The van der Waals surface area contributed by atoms with Gasteiger partial charge in [0.2, 0.25) is 11.8 Å². The molecule has 3 aliphatic heterocycles. The molecule has 21 unspecified atom stereocenters. The fraction of sp³-hybridized carbons (Fsp3) is 0.613. The Morgan fingerprint density at radius 3 is 1.66 bits per heavy atom. The summed E-state index contributed by atoms with van der Waals surface area (Å²) in [5.74, 6) is -12.1. The summed E-state index contributed by atoms with van der Waals surface area (Å²) in [5, 5.41) is 153. The number of Topliss-reactive ketones (excluding diaryl/α,β-unsaturated/α-hetero) is 2. The van der Waals surface area contributed by atoms with E-state index in [4.69, 9.17) is 50.8 Å². The van der Waals surface area contributed by atoms with Crippen molar-refractivity contribution in [2.24, 2.45) is 29.2 Å². The third-order valence-corrected chi connectivity index (χ3v) is 17.4. The number of benzene rings is 1. The first kappa shape index (κ1) is 97.2. The molecule has 0 aliphatic carbocycles. The van der Waals surface area contributed by atoms with Crippen LogP contribution in [0.3, 0.4) is 0 Å². The van der Waals surface area contributed by atoms with Crippen molar-refractivity contribution < 1.29 is 134 Å². The molecule has 2 fully saturated rings. The molecule has 1 aromatic carbocycles. The average molecular weight is 1550 g/mol. The van der Waals surface area contributed by atoms with Crippen LogP contribution < -0.4 is 27.4 Å². The number of esters is 1. The number of anilines is 1. The number of nitrogens with two attached hydrogens (primary N) is 2. The number of aliphatic carboxylic acids is 4. The minimum atomic E-state index is -2.32. The van der Waals surface area contributed by atoms with E-state index in [0.29, 0.717) is 18.5 Å². The van der Waals surface area contributed by atoms with E-state index in [-0.39, 0.29) is 50.0 Å². The Bertz CT molecular complexity index is 3170. The molecule has 4 rings (SSSR count). The van der Waals surface area contributed by atoms with Gasteiger partial charge >= 0.3 is 29.8 Å². The molecule has 3 aliphatic rings. The Morgan fingerprint density at radius 2 is 1.16 bits per heavy atom. The smallest absolute Gasteiger partial charge is 0.321 e. The van der Waals surface area contributed by atoms with E-state index in [1.165, 1.54) is 6.92 Å². The summed E-state index contributed by atoms with van der Waals surface area (Å²) in [6, 6.07) is 3.10. The summed E-state index contributed by atoms with van der Waals surface area (Å²) >= 11 is 0. The largest absolute Gasteiger partial charge is 0.481 e. The summed E-state index contributed by atoms with van der Waals surface area (Å²) < 4.78 is 24.6. The van der Waals surface area contributed by atoms with Crippen molar-refractivity contribution in [1.29, 1.82) is 0 Å². The number of hydrogen-bond acceptors (Lipinski definition) is 28. The number of carbonyl (C=O) groups is 9. The highest BCUT2D eigenvalue weighted by Gasteiger charge is 2.51. The van der Waals surface area contributed by atoms with Gasteiger partial charge in [0.15, 0.2) is 17.9 Å². The number of cyclic esters (lactones) is 1. The van der Waals surface area contributed by atoms with Crippen LogP contribution in [0.2, 0.25) is 0 Å². The number of aliphatic hydroxyl groups is 10. The molecule has 614 valence electrons. The summed E-state index contributed by atoms with van der Waals surface area (Å²) in [6.07, 6.45) is 1.12. The van der Waals surface area contributed by atoms with E-state index in [1.54, 1.807) is 129 Å². The molecule has 34 heteroatoms. The van der Waals surface area contributed by atoms with Gasteiger partial charge in [-0.15, -0.1) is 0 Å². The third kappa shape index (κ3) is 40.1. The first-order valence-corrected chi connectivity index (χ1v) is 35.9. The second-order valence-electron chi connectivity index (χ2n) is 28.0. The molecule has 3 heterocycles. The van der Waals surface area contributed by atoms with Crippen LogP contribution >= 0.6 is 0 Å². The Balaban J connectivity index is 0.00000197. The molecule has 21 atom stereocenters. The molecule has 21 N–H and O–H groups in total. The number of amides is 2. The minimum Gasteiger partial charge on any atom is -0.481 e. The lowest BCUT2D eigenvalue weighted by Crippen LogP contribution is -2.64. The normalized spacial score (nSPS) is 29.2. The van der Waals surface area contributed by atoms with Crippen molar-refractivity contribution in [3.05, 3.63) is 115 Å². The molecule has 109 heavy (non-hydrogen) atoms. The number of carboxylic acids is 4. The number of likely N-dealkylation sites (N-methyl/N-ethyl adjacent to an activating group) is 2. The van der Waals surface area contributed by atoms with Crippen molar-refractivity contribution in [2.45, 2.75) is 220 Å². The molecule has 0 aromatic heterocycles. The highest BCUT2D eigenvalue weighted by Crippen LogP contribution is 2.39. The highest BCUT2D eigenvalue weighted by atomic mass is 16.7. The molecule has 2 amide bonds. The lowest BCUT2D eigenvalue weighted by atomic mass is 9.82. The number of ketones is 2. The summed E-state index contributed by atoms with van der Waals surface area (Å²) in [4.78, 5) is 109. The second-order valence-corrected chi connectivity index (χ2v) is 28.0. The third-order valence-electron chi connectivity index (χ3n) is 17.4. The quantitative estimate of drug-likeness (QED) is 0.0498. The molecule has 2 bridgehead atoms. The molecule has 0 radical (unpaired) electrons. The predicted molar refractivity (Wildman–Crippen MR) is 397 cm³/mol. The van der Waals surface area contributed by atoms with E-state index in [9.17, 15) is 94.2 Å². The predicted octanol–water partition coefficient (Wildman–Crippen LogP) is -0.196. The van der Waals surface area contributed by atoms with Gasteiger partial charge in [-0.25, -0.2) is 0 Å². The fourth-order valence-corrected chi connectivity index (χ4v) is 11.8. The molecule has 1 aromatic rings. The lowest BCUT2D eigenvalue weighted by molar-refractivity contribution is -0.307. The molecule has 2 saturated heterocycles. The fourth-order valence-electron chi connectivity index (χ4n) is 11.8. The zero-order valence-electron chi connectivity index (χ0n) is 63.1. The topological polar surface area (TPSA) is 568 Å². The van der Waals surface area contributed by atoms with Gasteiger partial charge in [-0.3, -0.25) is 43.2 Å². The summed E-state index contributed by atoms with van der Waals surface area (Å²) in [5.41, 5.74) is 11.0. The average Bonchev–Trinajstić information content (AvgIpc) is 0.784. The van der Waals surface area contributed by atoms with Gasteiger partial charge in [-0.05, 0) is 97.4 Å². The molecule has 0 saturated carbocycles. The van der Waals surface area contributed by atoms with Crippen LogP contribution in [0, 0.1) is 17.8 Å². The van der Waals surface area contributed by atoms with E-state index in [1.807, 2.05) is 38.9 Å². The van der Waals surface area contributed by atoms with Crippen molar-refractivity contribution in [3.63, 3.8) is 0 Å². The van der Waals surface area contributed by atoms with Crippen molar-refractivity contribution >= 4 is 58.9 Å². The molecular formula is C75H117N7O27. The van der Waals surface area contributed by atoms with Gasteiger partial charge < -0.3 is 128 Å². The van der Waals surface area contributed by atoms with Crippen molar-refractivity contribution in [2.75, 3.05) is 60.2 Å². The van der Waals surface area contributed by atoms with Crippen LogP contribution in [0.15, 0.2) is 109 Å². The second kappa shape index (κ2) is 50.8. The number of hydrogen-bond donors (Lipinski definition) is 19. The van der Waals surface area contributed by atoms with Crippen molar-refractivity contribution in [1.82, 2.24) is 20.4 Å². The molecular weight excluding hydrogens is 1430 g/mol. The van der Waals surface area contributed by atoms with Gasteiger partial charge in [-0.2, -0.15) is 0 Å². The zero-order valence-corrected chi connectivity index (χ0v) is 63.1. The summed E-state index contributed by atoms with van der Waals surface area (Å²) in [7, 11) is 8.75. The first-order chi connectivity index (χ1) is 51.1. The number of rotatable bonds is 23. The van der Waals surface area contributed by atoms with E-state index < -0.39 is 227 Å². The Kier molecular flexibility index (Phi) is 45.4. The number of allylic oxidation sites excluding steroid dienone is 12. The number of carboxylic acid groups (broad SMARTS) is 4. The number of carbonyl (C=O) groups excluding carboxylic acids is 5. The van der Waals surface area contributed by atoms with Crippen LogP contribution in [0.4, 0.5) is 5.69 Å². The van der Waals surface area contributed by atoms with E-state index in [2.05, 4.69) is 16.0 Å². The van der Waals surface area contributed by atoms with Crippen LogP contribution in [0.1, 0.15) is 121 Å². The van der Waals surface area contributed by atoms with Gasteiger partial charge in [0.25, 0.3) is 0 Å². The Labute approximate surface area is 635 Å². The highest BCUT2D eigenvalue weighted by molar-refractivity contribution is 5.96. The maximum atomic E-state index is 14.0. The summed E-state index contributed by atoms with van der Waals surface area (Å²) in [6.45, 7) is 5.81. The number of aliphatic hydroxyl groups excluding tert-OH is 9. The minimum absolute atomic E-state index is 0.0513. The van der Waals surface area contributed by atoms with Gasteiger partial charge in [0, 0.05) is 75.8 Å². The maximum Gasteiger partial charge on any atom is 0.321 e. The number of nitrogens with zero attached hydrogens (tertiary/aromatic N) is 2. The lowest BCUT2D eigenvalue weighted by Gasteiger charge is -2.46. The molecule has 0 spiro atoms. The van der Waals surface area contributed by atoms with Crippen LogP contribution in [-0.2, 0) is 57.3 Å². The number of nitrogens with one attached hydrogen (secondary N) is 3. The number of fused-ring (bicyclic) bond motifs is 2. The van der Waals surface area contributed by atoms with E-state index in [0.717, 1.165) is 5.69 Å². The van der Waals surface area contributed by atoms with E-state index >= 15 is 0 Å². The first-order valence-electron chi connectivity index (χ1n) is 35.9. The van der Waals surface area contributed by atoms with Crippen LogP contribution in [0.5, 0.6) is 0 Å². The van der Waals surface area contributed by atoms with Crippen LogP contribution in [0.25, 0.3) is 0 Å². The van der Waals surface area contributed by atoms with Gasteiger partial charge in [0.05, 0.1) is 98.8 Å². The van der Waals surface area contributed by atoms with Gasteiger partial charge in [0.1, 0.15) is 36.2 Å². The van der Waals surface area contributed by atoms with Crippen LogP contribution in [-0.4, -0.2) is 299 Å².